The molecule has 0 aromatic carbocycles. The number of aromatic nitrogens is 2. The van der Waals surface area contributed by atoms with Gasteiger partial charge in [-0.15, -0.1) is 0 Å². The fourth-order valence-corrected chi connectivity index (χ4v) is 1.19. The second-order valence-corrected chi connectivity index (χ2v) is 3.88. The fraction of sp³-hybridized carbons (Fsp3) is 0.667. The van der Waals surface area contributed by atoms with Gasteiger partial charge in [0.1, 0.15) is 0 Å². The average molecular weight is 203 g/mol. The lowest BCUT2D eigenvalue weighted by Crippen LogP contribution is -2.46. The maximum absolute atomic E-state index is 12.4. The van der Waals surface area contributed by atoms with Crippen LogP contribution in [-0.4, -0.2) is 21.7 Å². The van der Waals surface area contributed by atoms with Gasteiger partial charge in [-0.05, 0) is 19.9 Å². The molecule has 0 saturated carbocycles. The van der Waals surface area contributed by atoms with Crippen LogP contribution in [0, 0.1) is 6.92 Å². The highest BCUT2D eigenvalue weighted by Crippen LogP contribution is 2.17. The van der Waals surface area contributed by atoms with Gasteiger partial charge >= 0.3 is 0 Å². The highest BCUT2D eigenvalue weighted by Gasteiger charge is 2.31. The topological polar surface area (TPSA) is 43.8 Å². The zero-order valence-corrected chi connectivity index (χ0v) is 8.59. The molecule has 1 aromatic rings. The molecule has 14 heavy (non-hydrogen) atoms. The number of alkyl halides is 2. The summed E-state index contributed by atoms with van der Waals surface area (Å²) in [6, 6.07) is 1.77. The Morgan fingerprint density at radius 1 is 1.64 bits per heavy atom. The summed E-state index contributed by atoms with van der Waals surface area (Å²) < 4.78 is 26.5. The lowest BCUT2D eigenvalue weighted by atomic mass is 9.98. The molecule has 1 rings (SSSR count). The van der Waals surface area contributed by atoms with Crippen molar-refractivity contribution in [1.29, 1.82) is 0 Å². The van der Waals surface area contributed by atoms with Gasteiger partial charge in [-0.25, -0.2) is 8.78 Å². The number of nitrogens with two attached hydrogens (primary N) is 1. The molecule has 80 valence electrons. The zero-order valence-electron chi connectivity index (χ0n) is 8.59. The third-order valence-electron chi connectivity index (χ3n) is 2.22. The molecule has 0 aliphatic heterocycles. The molecule has 0 saturated heterocycles. The highest BCUT2D eigenvalue weighted by atomic mass is 19.3. The van der Waals surface area contributed by atoms with Crippen LogP contribution >= 0.6 is 0 Å². The van der Waals surface area contributed by atoms with E-state index in [0.717, 1.165) is 5.69 Å². The van der Waals surface area contributed by atoms with Crippen LogP contribution < -0.4 is 5.73 Å². The molecule has 0 bridgehead atoms. The first kappa shape index (κ1) is 11.1. The Morgan fingerprint density at radius 2 is 2.21 bits per heavy atom. The van der Waals surface area contributed by atoms with Gasteiger partial charge in [-0.1, -0.05) is 0 Å². The third kappa shape index (κ3) is 2.29. The summed E-state index contributed by atoms with van der Waals surface area (Å²) in [5, 5.41) is 4.08. The first-order chi connectivity index (χ1) is 6.33. The summed E-state index contributed by atoms with van der Waals surface area (Å²) in [6.45, 7) is 3.20. The summed E-state index contributed by atoms with van der Waals surface area (Å²) in [7, 11) is 1.77. The van der Waals surface area contributed by atoms with Crippen molar-refractivity contribution in [2.24, 2.45) is 12.8 Å². The van der Waals surface area contributed by atoms with Gasteiger partial charge in [0.05, 0.1) is 11.2 Å². The van der Waals surface area contributed by atoms with Crippen molar-refractivity contribution in [3.05, 3.63) is 17.5 Å². The third-order valence-corrected chi connectivity index (χ3v) is 2.22. The largest absolute Gasteiger partial charge is 0.320 e. The summed E-state index contributed by atoms with van der Waals surface area (Å²) >= 11 is 0. The van der Waals surface area contributed by atoms with Crippen molar-refractivity contribution in [2.45, 2.75) is 32.2 Å². The molecule has 3 nitrogen and oxygen atoms in total. The van der Waals surface area contributed by atoms with Crippen molar-refractivity contribution in [1.82, 2.24) is 9.78 Å². The van der Waals surface area contributed by atoms with Gasteiger partial charge in [0.15, 0.2) is 0 Å². The van der Waals surface area contributed by atoms with Gasteiger partial charge in [0, 0.05) is 19.2 Å². The van der Waals surface area contributed by atoms with Crippen molar-refractivity contribution in [3.63, 3.8) is 0 Å². The van der Waals surface area contributed by atoms with Crippen molar-refractivity contribution < 1.29 is 8.78 Å². The van der Waals surface area contributed by atoms with Gasteiger partial charge in [0.25, 0.3) is 6.43 Å². The van der Waals surface area contributed by atoms with Gasteiger partial charge in [0.2, 0.25) is 0 Å². The van der Waals surface area contributed by atoms with Crippen LogP contribution in [0.2, 0.25) is 0 Å². The minimum Gasteiger partial charge on any atom is -0.320 e. The predicted octanol–water partition coefficient (Wildman–Crippen LogP) is 1.25. The van der Waals surface area contributed by atoms with Crippen LogP contribution in [0.15, 0.2) is 6.07 Å². The quantitative estimate of drug-likeness (QED) is 0.803. The van der Waals surface area contributed by atoms with E-state index in [0.29, 0.717) is 5.69 Å². The molecule has 2 N–H and O–H groups in total. The molecular weight excluding hydrogens is 188 g/mol. The lowest BCUT2D eigenvalue weighted by molar-refractivity contribution is 0.0633. The average Bonchev–Trinajstić information content (AvgIpc) is 2.29. The van der Waals surface area contributed by atoms with Crippen LogP contribution in [0.4, 0.5) is 8.78 Å². The van der Waals surface area contributed by atoms with Crippen LogP contribution in [0.3, 0.4) is 0 Å². The first-order valence-corrected chi connectivity index (χ1v) is 4.39. The summed E-state index contributed by atoms with van der Waals surface area (Å²) in [5.41, 5.74) is 5.49. The van der Waals surface area contributed by atoms with Crippen LogP contribution in [0.25, 0.3) is 0 Å². The number of rotatable bonds is 3. The summed E-state index contributed by atoms with van der Waals surface area (Å²) in [4.78, 5) is 0. The zero-order chi connectivity index (χ0) is 10.9. The molecule has 1 atom stereocenters. The molecule has 1 heterocycles. The maximum atomic E-state index is 12.4. The van der Waals surface area contributed by atoms with Gasteiger partial charge in [-0.3, -0.25) is 4.68 Å². The van der Waals surface area contributed by atoms with E-state index in [-0.39, 0.29) is 6.42 Å². The van der Waals surface area contributed by atoms with Crippen molar-refractivity contribution in [2.75, 3.05) is 0 Å². The van der Waals surface area contributed by atoms with E-state index in [9.17, 15) is 8.78 Å². The van der Waals surface area contributed by atoms with Crippen LogP contribution in [0.1, 0.15) is 18.3 Å². The highest BCUT2D eigenvalue weighted by molar-refractivity contribution is 5.11. The smallest absolute Gasteiger partial charge is 0.256 e. The molecular formula is C9H15F2N3. The Labute approximate surface area is 81.9 Å². The van der Waals surface area contributed by atoms with E-state index in [1.165, 1.54) is 6.92 Å². The normalized spacial score (nSPS) is 15.9. The molecule has 0 aliphatic rings. The lowest BCUT2D eigenvalue weighted by Gasteiger charge is -2.21. The Bertz CT molecular complexity index is 298. The number of hydrogen-bond donors (Lipinski definition) is 1. The number of nitrogens with zero attached hydrogens (tertiary/aromatic N) is 2. The van der Waals surface area contributed by atoms with Gasteiger partial charge < -0.3 is 5.73 Å². The Hall–Kier alpha value is -0.970. The first-order valence-electron chi connectivity index (χ1n) is 4.39. The minimum atomic E-state index is -2.54. The predicted molar refractivity (Wildman–Crippen MR) is 50.2 cm³/mol. The molecule has 0 radical (unpaired) electrons. The van der Waals surface area contributed by atoms with E-state index < -0.39 is 12.0 Å². The summed E-state index contributed by atoms with van der Waals surface area (Å²) in [6.07, 6.45) is -2.45. The molecule has 0 fully saturated rings. The van der Waals surface area contributed by atoms with Crippen LogP contribution in [0.5, 0.6) is 0 Å². The molecule has 5 heteroatoms. The second-order valence-electron chi connectivity index (χ2n) is 3.88. The summed E-state index contributed by atoms with van der Waals surface area (Å²) in [5.74, 6) is 0. The minimum absolute atomic E-state index is 0.0896. The number of halogens is 2. The second kappa shape index (κ2) is 3.65. The van der Waals surface area contributed by atoms with Gasteiger partial charge in [-0.2, -0.15) is 5.10 Å². The number of aryl methyl sites for hydroxylation is 2. The molecule has 0 spiro atoms. The standard InChI is InChI=1S/C9H15F2N3/c1-6-4-7(13-14(6)3)5-9(2,12)8(10)11/h4,8H,5,12H2,1-3H3. The van der Waals surface area contributed by atoms with Crippen molar-refractivity contribution in [3.8, 4) is 0 Å². The Kier molecular flexibility index (Phi) is 2.89. The van der Waals surface area contributed by atoms with E-state index in [1.807, 2.05) is 6.92 Å². The number of hydrogen-bond acceptors (Lipinski definition) is 2. The van der Waals surface area contributed by atoms with E-state index in [1.54, 1.807) is 17.8 Å². The SMILES string of the molecule is Cc1cc(CC(C)(N)C(F)F)nn1C. The Balaban J connectivity index is 2.78. The molecule has 1 aromatic heterocycles. The van der Waals surface area contributed by atoms with Crippen molar-refractivity contribution >= 4 is 0 Å². The maximum Gasteiger partial charge on any atom is 0.256 e. The van der Waals surface area contributed by atoms with E-state index in [4.69, 9.17) is 5.73 Å². The Morgan fingerprint density at radius 3 is 2.57 bits per heavy atom. The van der Waals surface area contributed by atoms with Crippen LogP contribution in [-0.2, 0) is 13.5 Å². The molecule has 0 amide bonds. The molecule has 1 unspecified atom stereocenters. The van der Waals surface area contributed by atoms with E-state index in [2.05, 4.69) is 5.10 Å². The molecule has 0 aliphatic carbocycles. The fourth-order valence-electron chi connectivity index (χ4n) is 1.19. The van der Waals surface area contributed by atoms with E-state index >= 15 is 0 Å². The monoisotopic (exact) mass is 203 g/mol.